The van der Waals surface area contributed by atoms with Crippen LogP contribution in [0.1, 0.15) is 18.1 Å². The Bertz CT molecular complexity index is 790. The lowest BCUT2D eigenvalue weighted by molar-refractivity contribution is -0.112. The quantitative estimate of drug-likeness (QED) is 0.683. The van der Waals surface area contributed by atoms with Crippen LogP contribution in [0.5, 0.6) is 0 Å². The molecule has 2 aromatic carbocycles. The normalized spacial score (nSPS) is 11.0. The topological polar surface area (TPSA) is 52.9 Å². The van der Waals surface area contributed by atoms with Gasteiger partial charge in [0.2, 0.25) is 0 Å². The number of nitrogens with zero attached hydrogens (tertiary/aromatic N) is 1. The van der Waals surface area contributed by atoms with Crippen molar-refractivity contribution in [3.8, 4) is 6.07 Å². The predicted octanol–water partition coefficient (Wildman–Crippen LogP) is 4.07. The van der Waals surface area contributed by atoms with Crippen molar-refractivity contribution in [3.63, 3.8) is 0 Å². The van der Waals surface area contributed by atoms with Gasteiger partial charge in [0.05, 0.1) is 0 Å². The highest BCUT2D eigenvalue weighted by Gasteiger charge is 2.10. The van der Waals surface area contributed by atoms with Gasteiger partial charge in [-0.25, -0.2) is 8.78 Å². The Morgan fingerprint density at radius 1 is 1.17 bits per heavy atom. The number of aryl methyl sites for hydroxylation is 1. The highest BCUT2D eigenvalue weighted by atomic mass is 19.2. The first-order valence-corrected chi connectivity index (χ1v) is 7.00. The zero-order valence-corrected chi connectivity index (χ0v) is 12.4. The highest BCUT2D eigenvalue weighted by molar-refractivity contribution is 6.09. The Morgan fingerprint density at radius 3 is 2.43 bits per heavy atom. The van der Waals surface area contributed by atoms with E-state index in [4.69, 9.17) is 5.26 Å². The minimum atomic E-state index is -1.04. The molecule has 0 aliphatic rings. The molecule has 1 amide bonds. The molecule has 3 nitrogen and oxygen atoms in total. The van der Waals surface area contributed by atoms with Crippen molar-refractivity contribution in [1.29, 1.82) is 5.26 Å². The molecule has 0 aromatic heterocycles. The second-order valence-corrected chi connectivity index (χ2v) is 4.85. The van der Waals surface area contributed by atoms with Gasteiger partial charge in [-0.2, -0.15) is 5.26 Å². The maximum absolute atomic E-state index is 13.2. The molecule has 0 radical (unpaired) electrons. The fourth-order valence-corrected chi connectivity index (χ4v) is 1.94. The summed E-state index contributed by atoms with van der Waals surface area (Å²) in [5.41, 5.74) is 1.71. The number of amides is 1. The van der Waals surface area contributed by atoms with E-state index in [1.54, 1.807) is 18.2 Å². The minimum Gasteiger partial charge on any atom is -0.321 e. The van der Waals surface area contributed by atoms with Crippen molar-refractivity contribution in [3.05, 3.63) is 70.8 Å². The molecular formula is C18H14F2N2O. The van der Waals surface area contributed by atoms with Crippen LogP contribution in [0.15, 0.2) is 48.0 Å². The first kappa shape index (κ1) is 16.4. The van der Waals surface area contributed by atoms with E-state index >= 15 is 0 Å². The van der Waals surface area contributed by atoms with Crippen LogP contribution >= 0.6 is 0 Å². The van der Waals surface area contributed by atoms with Gasteiger partial charge in [0.15, 0.2) is 11.6 Å². The lowest BCUT2D eigenvalue weighted by Gasteiger charge is -2.05. The standard InChI is InChI=1S/C18H14F2N2O/c1-2-12-3-6-15(7-4-12)22-18(23)14(11-21)9-13-5-8-16(19)17(20)10-13/h3-10H,2H2,1H3,(H,22,23)/b14-9-. The molecule has 0 fully saturated rings. The number of rotatable bonds is 4. The summed E-state index contributed by atoms with van der Waals surface area (Å²) in [6, 6.07) is 12.1. The molecule has 0 unspecified atom stereocenters. The number of benzene rings is 2. The molecule has 2 rings (SSSR count). The van der Waals surface area contributed by atoms with Crippen LogP contribution < -0.4 is 5.32 Å². The first-order valence-electron chi connectivity index (χ1n) is 7.00. The zero-order valence-electron chi connectivity index (χ0n) is 12.4. The molecular weight excluding hydrogens is 298 g/mol. The van der Waals surface area contributed by atoms with Gasteiger partial charge in [-0.1, -0.05) is 25.1 Å². The smallest absolute Gasteiger partial charge is 0.266 e. The highest BCUT2D eigenvalue weighted by Crippen LogP contribution is 2.15. The molecule has 0 atom stereocenters. The van der Waals surface area contributed by atoms with Crippen molar-refractivity contribution in [1.82, 2.24) is 0 Å². The van der Waals surface area contributed by atoms with E-state index in [0.29, 0.717) is 5.69 Å². The Kier molecular flexibility index (Phi) is 5.21. The molecule has 5 heteroatoms. The number of carbonyl (C=O) groups is 1. The maximum atomic E-state index is 13.2. The molecule has 0 spiro atoms. The van der Waals surface area contributed by atoms with Crippen LogP contribution in [0.2, 0.25) is 0 Å². The average Bonchev–Trinajstić information content (AvgIpc) is 2.56. The van der Waals surface area contributed by atoms with Crippen LogP contribution in [0.3, 0.4) is 0 Å². The van der Waals surface area contributed by atoms with Gasteiger partial charge in [0.1, 0.15) is 11.6 Å². The third-order valence-electron chi connectivity index (χ3n) is 3.24. The van der Waals surface area contributed by atoms with Crippen molar-refractivity contribution in [2.24, 2.45) is 0 Å². The second kappa shape index (κ2) is 7.32. The molecule has 0 aliphatic heterocycles. The van der Waals surface area contributed by atoms with Gasteiger partial charge in [-0.15, -0.1) is 0 Å². The van der Waals surface area contributed by atoms with Crippen molar-refractivity contribution in [2.75, 3.05) is 5.32 Å². The lowest BCUT2D eigenvalue weighted by atomic mass is 10.1. The number of carbonyl (C=O) groups excluding carboxylic acids is 1. The summed E-state index contributed by atoms with van der Waals surface area (Å²) in [7, 11) is 0. The number of hydrogen-bond donors (Lipinski definition) is 1. The number of nitrogens with one attached hydrogen (secondary N) is 1. The fraction of sp³-hybridized carbons (Fsp3) is 0.111. The van der Waals surface area contributed by atoms with Crippen LogP contribution in [0.4, 0.5) is 14.5 Å². The summed E-state index contributed by atoms with van der Waals surface area (Å²) in [4.78, 5) is 12.1. The molecule has 2 aromatic rings. The van der Waals surface area contributed by atoms with Crippen LogP contribution in [0.25, 0.3) is 6.08 Å². The molecule has 0 saturated heterocycles. The Morgan fingerprint density at radius 2 is 1.87 bits per heavy atom. The number of anilines is 1. The molecule has 1 N–H and O–H groups in total. The molecule has 0 bridgehead atoms. The van der Waals surface area contributed by atoms with Crippen molar-refractivity contribution in [2.45, 2.75) is 13.3 Å². The lowest BCUT2D eigenvalue weighted by Crippen LogP contribution is -2.13. The van der Waals surface area contributed by atoms with Gasteiger partial charge in [-0.05, 0) is 47.9 Å². The van der Waals surface area contributed by atoms with Gasteiger partial charge in [0, 0.05) is 5.69 Å². The van der Waals surface area contributed by atoms with E-state index in [0.717, 1.165) is 24.1 Å². The van der Waals surface area contributed by atoms with E-state index in [2.05, 4.69) is 5.32 Å². The fourth-order valence-electron chi connectivity index (χ4n) is 1.94. The summed E-state index contributed by atoms with van der Waals surface area (Å²) < 4.78 is 26.1. The molecule has 23 heavy (non-hydrogen) atoms. The summed E-state index contributed by atoms with van der Waals surface area (Å²) >= 11 is 0. The number of halogens is 2. The van der Waals surface area contributed by atoms with Crippen molar-refractivity contribution >= 4 is 17.7 Å². The largest absolute Gasteiger partial charge is 0.321 e. The van der Waals surface area contributed by atoms with E-state index in [-0.39, 0.29) is 11.1 Å². The SMILES string of the molecule is CCc1ccc(NC(=O)/C(C#N)=C\c2ccc(F)c(F)c2)cc1. The number of nitriles is 1. The third-order valence-corrected chi connectivity index (χ3v) is 3.24. The monoisotopic (exact) mass is 312 g/mol. The van der Waals surface area contributed by atoms with Gasteiger partial charge >= 0.3 is 0 Å². The molecule has 0 aliphatic carbocycles. The Hall–Kier alpha value is -3.00. The van der Waals surface area contributed by atoms with Crippen LogP contribution in [0, 0.1) is 23.0 Å². The molecule has 116 valence electrons. The van der Waals surface area contributed by atoms with E-state index in [1.165, 1.54) is 12.1 Å². The van der Waals surface area contributed by atoms with Gasteiger partial charge in [-0.3, -0.25) is 4.79 Å². The van der Waals surface area contributed by atoms with Crippen LogP contribution in [-0.2, 0) is 11.2 Å². The summed E-state index contributed by atoms with van der Waals surface area (Å²) in [5, 5.41) is 11.7. The molecule has 0 saturated carbocycles. The van der Waals surface area contributed by atoms with E-state index < -0.39 is 17.5 Å². The van der Waals surface area contributed by atoms with Gasteiger partial charge in [0.25, 0.3) is 5.91 Å². The third kappa shape index (κ3) is 4.24. The summed E-state index contributed by atoms with van der Waals surface area (Å²) in [5.74, 6) is -2.63. The first-order chi connectivity index (χ1) is 11.0. The summed E-state index contributed by atoms with van der Waals surface area (Å²) in [6.45, 7) is 2.02. The van der Waals surface area contributed by atoms with Crippen molar-refractivity contribution < 1.29 is 13.6 Å². The minimum absolute atomic E-state index is 0.199. The molecule has 0 heterocycles. The summed E-state index contributed by atoms with van der Waals surface area (Å²) in [6.07, 6.45) is 2.09. The van der Waals surface area contributed by atoms with Gasteiger partial charge < -0.3 is 5.32 Å². The Labute approximate surface area is 132 Å². The zero-order chi connectivity index (χ0) is 16.8. The maximum Gasteiger partial charge on any atom is 0.266 e. The van der Waals surface area contributed by atoms with E-state index in [9.17, 15) is 13.6 Å². The Balaban J connectivity index is 2.18. The average molecular weight is 312 g/mol. The van der Waals surface area contributed by atoms with E-state index in [1.807, 2.05) is 19.1 Å². The predicted molar refractivity (Wildman–Crippen MR) is 84.4 cm³/mol. The second-order valence-electron chi connectivity index (χ2n) is 4.85. The number of hydrogen-bond acceptors (Lipinski definition) is 2. The van der Waals surface area contributed by atoms with Crippen LogP contribution in [-0.4, -0.2) is 5.91 Å².